The van der Waals surface area contributed by atoms with Crippen molar-refractivity contribution >= 4 is 27.3 Å². The molecule has 0 amide bonds. The molecule has 0 aromatic heterocycles. The van der Waals surface area contributed by atoms with Gasteiger partial charge >= 0.3 is 0 Å². The molecule has 2 rings (SSSR count). The fourth-order valence-corrected chi connectivity index (χ4v) is 2.11. The first-order valence-electron chi connectivity index (χ1n) is 5.60. The molecule has 2 aromatic carbocycles. The van der Waals surface area contributed by atoms with E-state index in [1.165, 1.54) is 6.07 Å². The van der Waals surface area contributed by atoms with E-state index in [1.54, 1.807) is 12.1 Å². The van der Waals surface area contributed by atoms with Crippen LogP contribution in [0.5, 0.6) is 0 Å². The maximum atomic E-state index is 13.6. The minimum absolute atomic E-state index is 0.216. The van der Waals surface area contributed by atoms with Crippen LogP contribution in [0, 0.1) is 12.7 Å². The normalized spacial score (nSPS) is 10.4. The average molecular weight is 309 g/mol. The summed E-state index contributed by atoms with van der Waals surface area (Å²) in [6.45, 7) is 2.41. The fourth-order valence-electron chi connectivity index (χ4n) is 1.70. The van der Waals surface area contributed by atoms with E-state index in [9.17, 15) is 4.39 Å². The third kappa shape index (κ3) is 3.01. The molecule has 0 saturated heterocycles. The van der Waals surface area contributed by atoms with Crippen molar-refractivity contribution in [3.05, 3.63) is 57.8 Å². The lowest BCUT2D eigenvalue weighted by Crippen LogP contribution is -2.03. The quantitative estimate of drug-likeness (QED) is 0.838. The maximum Gasteiger partial charge on any atom is 0.128 e. The molecule has 0 aliphatic heterocycles. The summed E-state index contributed by atoms with van der Waals surface area (Å²) in [7, 11) is 0. The molecule has 0 bridgehead atoms. The fraction of sp³-hybridized carbons (Fsp3) is 0.143. The van der Waals surface area contributed by atoms with E-state index in [2.05, 4.69) is 21.2 Å². The highest BCUT2D eigenvalue weighted by Gasteiger charge is 2.04. The van der Waals surface area contributed by atoms with Crippen LogP contribution in [-0.2, 0) is 6.54 Å². The average Bonchev–Trinajstić information content (AvgIpc) is 2.34. The van der Waals surface area contributed by atoms with Gasteiger partial charge in [-0.2, -0.15) is 0 Å². The lowest BCUT2D eigenvalue weighted by molar-refractivity contribution is 0.612. The van der Waals surface area contributed by atoms with Gasteiger partial charge in [0.05, 0.1) is 0 Å². The highest BCUT2D eigenvalue weighted by atomic mass is 79.9. The summed E-state index contributed by atoms with van der Waals surface area (Å²) in [5.74, 6) is -0.216. The van der Waals surface area contributed by atoms with Gasteiger partial charge in [-0.3, -0.25) is 0 Å². The molecule has 2 aromatic rings. The third-order valence-electron chi connectivity index (χ3n) is 2.74. The van der Waals surface area contributed by atoms with Crippen LogP contribution in [0.1, 0.15) is 11.1 Å². The number of halogens is 2. The van der Waals surface area contributed by atoms with Crippen LogP contribution in [-0.4, -0.2) is 0 Å². The van der Waals surface area contributed by atoms with Crippen LogP contribution in [0.2, 0.25) is 0 Å². The Bertz CT molecular complexity index is 518. The predicted octanol–water partition coefficient (Wildman–Crippen LogP) is 4.09. The molecule has 0 radical (unpaired) electrons. The van der Waals surface area contributed by atoms with Crippen LogP contribution in [0.4, 0.5) is 15.8 Å². The Morgan fingerprint density at radius 1 is 1.22 bits per heavy atom. The minimum atomic E-state index is -0.216. The van der Waals surface area contributed by atoms with E-state index >= 15 is 0 Å². The largest absolute Gasteiger partial charge is 0.399 e. The molecule has 0 unspecified atom stereocenters. The van der Waals surface area contributed by atoms with Crippen molar-refractivity contribution in [3.63, 3.8) is 0 Å². The van der Waals surface area contributed by atoms with Crippen molar-refractivity contribution in [2.75, 3.05) is 11.1 Å². The highest BCUT2D eigenvalue weighted by Crippen LogP contribution is 2.21. The van der Waals surface area contributed by atoms with Crippen molar-refractivity contribution in [1.29, 1.82) is 0 Å². The lowest BCUT2D eigenvalue weighted by Gasteiger charge is -2.11. The molecule has 3 N–H and O–H groups in total. The van der Waals surface area contributed by atoms with E-state index in [0.29, 0.717) is 17.8 Å². The summed E-state index contributed by atoms with van der Waals surface area (Å²) in [6, 6.07) is 10.5. The van der Waals surface area contributed by atoms with Crippen molar-refractivity contribution in [2.45, 2.75) is 13.5 Å². The molecule has 94 valence electrons. The van der Waals surface area contributed by atoms with Gasteiger partial charge in [0.25, 0.3) is 0 Å². The van der Waals surface area contributed by atoms with Gasteiger partial charge in [-0.15, -0.1) is 0 Å². The Hall–Kier alpha value is -1.55. The van der Waals surface area contributed by atoms with Gasteiger partial charge in [0.1, 0.15) is 5.82 Å². The molecular weight excluding hydrogens is 295 g/mol. The molecule has 2 nitrogen and oxygen atoms in total. The Kier molecular flexibility index (Phi) is 3.87. The third-order valence-corrected chi connectivity index (χ3v) is 3.23. The molecule has 0 aliphatic rings. The van der Waals surface area contributed by atoms with Crippen LogP contribution in [0.15, 0.2) is 40.9 Å². The molecule has 18 heavy (non-hydrogen) atoms. The van der Waals surface area contributed by atoms with Gasteiger partial charge in [0, 0.05) is 28.0 Å². The van der Waals surface area contributed by atoms with E-state index in [4.69, 9.17) is 5.73 Å². The van der Waals surface area contributed by atoms with E-state index in [0.717, 1.165) is 15.7 Å². The predicted molar refractivity (Wildman–Crippen MR) is 77.0 cm³/mol. The van der Waals surface area contributed by atoms with Crippen molar-refractivity contribution in [3.8, 4) is 0 Å². The van der Waals surface area contributed by atoms with Gasteiger partial charge < -0.3 is 11.1 Å². The number of aryl methyl sites for hydroxylation is 1. The van der Waals surface area contributed by atoms with Gasteiger partial charge in [-0.05, 0) is 42.8 Å². The number of nitrogens with one attached hydrogen (secondary N) is 1. The molecular formula is C14H14BrFN2. The molecule has 0 aliphatic carbocycles. The second-order valence-electron chi connectivity index (χ2n) is 4.16. The topological polar surface area (TPSA) is 38.0 Å². The molecule has 0 heterocycles. The second-order valence-corrected chi connectivity index (χ2v) is 5.08. The highest BCUT2D eigenvalue weighted by molar-refractivity contribution is 9.10. The molecule has 0 saturated carbocycles. The first-order chi connectivity index (χ1) is 8.56. The number of benzene rings is 2. The SMILES string of the molecule is Cc1ccc(N)cc1NCc1cc(Br)ccc1F. The van der Waals surface area contributed by atoms with Gasteiger partial charge in [-0.1, -0.05) is 22.0 Å². The van der Waals surface area contributed by atoms with E-state index in [-0.39, 0.29) is 5.82 Å². The zero-order chi connectivity index (χ0) is 13.1. The smallest absolute Gasteiger partial charge is 0.128 e. The van der Waals surface area contributed by atoms with E-state index in [1.807, 2.05) is 25.1 Å². The maximum absolute atomic E-state index is 13.6. The van der Waals surface area contributed by atoms with E-state index < -0.39 is 0 Å². The summed E-state index contributed by atoms with van der Waals surface area (Å²) in [5.41, 5.74) is 9.05. The van der Waals surface area contributed by atoms with Crippen molar-refractivity contribution < 1.29 is 4.39 Å². The van der Waals surface area contributed by atoms with Crippen LogP contribution in [0.25, 0.3) is 0 Å². The Morgan fingerprint density at radius 3 is 2.78 bits per heavy atom. The number of hydrogen-bond acceptors (Lipinski definition) is 2. The number of hydrogen-bond donors (Lipinski definition) is 2. The number of anilines is 2. The Labute approximate surface area is 114 Å². The van der Waals surface area contributed by atoms with Crippen LogP contribution < -0.4 is 11.1 Å². The molecule has 4 heteroatoms. The van der Waals surface area contributed by atoms with Gasteiger partial charge in [-0.25, -0.2) is 4.39 Å². The first kappa shape index (κ1) is 12.9. The zero-order valence-corrected chi connectivity index (χ0v) is 11.6. The monoisotopic (exact) mass is 308 g/mol. The summed E-state index contributed by atoms with van der Waals surface area (Å²) >= 11 is 3.33. The van der Waals surface area contributed by atoms with Crippen molar-refractivity contribution in [2.24, 2.45) is 0 Å². The summed E-state index contributed by atoms with van der Waals surface area (Å²) in [6.07, 6.45) is 0. The van der Waals surface area contributed by atoms with Gasteiger partial charge in [0.2, 0.25) is 0 Å². The number of rotatable bonds is 3. The standard InChI is InChI=1S/C14H14BrFN2/c1-9-2-4-12(17)7-14(9)18-8-10-6-11(15)3-5-13(10)16/h2-7,18H,8,17H2,1H3. The minimum Gasteiger partial charge on any atom is -0.399 e. The summed E-state index contributed by atoms with van der Waals surface area (Å²) < 4.78 is 14.4. The summed E-state index contributed by atoms with van der Waals surface area (Å²) in [5, 5.41) is 3.20. The van der Waals surface area contributed by atoms with Crippen molar-refractivity contribution in [1.82, 2.24) is 0 Å². The molecule has 0 spiro atoms. The number of nitrogens with two attached hydrogens (primary N) is 1. The van der Waals surface area contributed by atoms with Gasteiger partial charge in [0.15, 0.2) is 0 Å². The van der Waals surface area contributed by atoms with Crippen LogP contribution in [0.3, 0.4) is 0 Å². The zero-order valence-electron chi connectivity index (χ0n) is 10.0. The summed E-state index contributed by atoms with van der Waals surface area (Å²) in [4.78, 5) is 0. The Balaban J connectivity index is 2.16. The van der Waals surface area contributed by atoms with Crippen LogP contribution >= 0.6 is 15.9 Å². The first-order valence-corrected chi connectivity index (χ1v) is 6.39. The lowest BCUT2D eigenvalue weighted by atomic mass is 10.1. The second kappa shape index (κ2) is 5.40. The Morgan fingerprint density at radius 2 is 2.00 bits per heavy atom. The number of nitrogen functional groups attached to an aromatic ring is 1. The molecule has 0 fully saturated rings. The molecule has 0 atom stereocenters.